The number of nitrogens with zero attached hydrogens (tertiary/aromatic N) is 2. The Labute approximate surface area is 116 Å². The van der Waals surface area contributed by atoms with Gasteiger partial charge in [-0.15, -0.1) is 0 Å². The normalized spacial score (nSPS) is 10.6. The van der Waals surface area contributed by atoms with Gasteiger partial charge in [-0.1, -0.05) is 41.6 Å². The Morgan fingerprint density at radius 2 is 2.06 bits per heavy atom. The maximum Gasteiger partial charge on any atom is 0.156 e. The number of hydrogen-bond acceptors (Lipinski definition) is 4. The molecule has 0 bridgehead atoms. The van der Waals surface area contributed by atoms with E-state index < -0.39 is 0 Å². The molecule has 0 saturated carbocycles. The van der Waals surface area contributed by atoms with Gasteiger partial charge in [0.05, 0.1) is 0 Å². The molecule has 0 atom stereocenters. The van der Waals surface area contributed by atoms with Crippen LogP contribution in [0.25, 0.3) is 0 Å². The molecule has 0 radical (unpaired) electrons. The van der Waals surface area contributed by atoms with Gasteiger partial charge in [0.25, 0.3) is 0 Å². The van der Waals surface area contributed by atoms with Crippen LogP contribution in [0, 0.1) is 6.92 Å². The highest BCUT2D eigenvalue weighted by Crippen LogP contribution is 2.29. The van der Waals surface area contributed by atoms with Crippen molar-refractivity contribution in [2.75, 3.05) is 7.11 Å². The van der Waals surface area contributed by atoms with Crippen LogP contribution in [-0.4, -0.2) is 17.1 Å². The minimum atomic E-state index is 0.363. The smallest absolute Gasteiger partial charge is 0.156 e. The summed E-state index contributed by atoms with van der Waals surface area (Å²) in [5.74, 6) is 0.598. The first kappa shape index (κ1) is 13.3. The Hall–Kier alpha value is -1.10. The molecule has 0 fully saturated rings. The molecule has 0 unspecified atom stereocenters. The van der Waals surface area contributed by atoms with Crippen molar-refractivity contribution >= 4 is 23.4 Å². The predicted molar refractivity (Wildman–Crippen MR) is 73.1 cm³/mol. The van der Waals surface area contributed by atoms with E-state index in [9.17, 15) is 0 Å². The summed E-state index contributed by atoms with van der Waals surface area (Å²) in [6, 6.07) is 9.92. The van der Waals surface area contributed by atoms with E-state index >= 15 is 0 Å². The SMILES string of the molecule is COCc1nc(Cl)cc(Sc2ccccc2C)n1. The molecule has 0 spiro atoms. The third-order valence-corrected chi connectivity index (χ3v) is 3.59. The minimum Gasteiger partial charge on any atom is -0.377 e. The van der Waals surface area contributed by atoms with Crippen LogP contribution < -0.4 is 0 Å². The summed E-state index contributed by atoms with van der Waals surface area (Å²) < 4.78 is 5.02. The molecule has 94 valence electrons. The molecule has 2 rings (SSSR count). The van der Waals surface area contributed by atoms with Gasteiger partial charge < -0.3 is 4.74 Å². The van der Waals surface area contributed by atoms with E-state index in [-0.39, 0.29) is 0 Å². The zero-order valence-corrected chi connectivity index (χ0v) is 11.8. The van der Waals surface area contributed by atoms with Gasteiger partial charge in [0.2, 0.25) is 0 Å². The lowest BCUT2D eigenvalue weighted by Gasteiger charge is -2.06. The molecule has 0 N–H and O–H groups in total. The van der Waals surface area contributed by atoms with Crippen LogP contribution in [-0.2, 0) is 11.3 Å². The Morgan fingerprint density at radius 3 is 2.78 bits per heavy atom. The fraction of sp³-hybridized carbons (Fsp3) is 0.231. The molecule has 0 saturated heterocycles. The highest BCUT2D eigenvalue weighted by molar-refractivity contribution is 7.99. The predicted octanol–water partition coefficient (Wildman–Crippen LogP) is 3.74. The third-order valence-electron chi connectivity index (χ3n) is 2.30. The van der Waals surface area contributed by atoms with Crippen molar-refractivity contribution in [2.45, 2.75) is 23.5 Å². The summed E-state index contributed by atoms with van der Waals surface area (Å²) in [6.45, 7) is 2.43. The molecule has 1 aromatic heterocycles. The Bertz CT molecular complexity index is 548. The average Bonchev–Trinajstić information content (AvgIpc) is 2.32. The maximum atomic E-state index is 5.97. The van der Waals surface area contributed by atoms with Crippen molar-refractivity contribution in [3.05, 3.63) is 46.9 Å². The van der Waals surface area contributed by atoms with Crippen LogP contribution in [0.3, 0.4) is 0 Å². The van der Waals surface area contributed by atoms with Crippen molar-refractivity contribution in [1.82, 2.24) is 9.97 Å². The zero-order chi connectivity index (χ0) is 13.0. The van der Waals surface area contributed by atoms with Gasteiger partial charge in [0, 0.05) is 18.1 Å². The van der Waals surface area contributed by atoms with Crippen molar-refractivity contribution in [3.63, 3.8) is 0 Å². The van der Waals surface area contributed by atoms with Gasteiger partial charge in [0.15, 0.2) is 5.82 Å². The fourth-order valence-electron chi connectivity index (χ4n) is 1.47. The van der Waals surface area contributed by atoms with Crippen LogP contribution in [0.4, 0.5) is 0 Å². The van der Waals surface area contributed by atoms with Crippen molar-refractivity contribution in [1.29, 1.82) is 0 Å². The van der Waals surface area contributed by atoms with E-state index in [4.69, 9.17) is 16.3 Å². The lowest BCUT2D eigenvalue weighted by molar-refractivity contribution is 0.177. The highest BCUT2D eigenvalue weighted by atomic mass is 35.5. The number of aromatic nitrogens is 2. The van der Waals surface area contributed by atoms with Crippen molar-refractivity contribution < 1.29 is 4.74 Å². The monoisotopic (exact) mass is 280 g/mol. The zero-order valence-electron chi connectivity index (χ0n) is 10.2. The number of ether oxygens (including phenoxy) is 1. The number of benzene rings is 1. The molecule has 0 amide bonds. The van der Waals surface area contributed by atoms with Gasteiger partial charge in [0.1, 0.15) is 16.8 Å². The van der Waals surface area contributed by atoms with Crippen molar-refractivity contribution in [2.24, 2.45) is 0 Å². The molecule has 1 heterocycles. The first-order valence-corrected chi connectivity index (χ1v) is 6.64. The first-order valence-electron chi connectivity index (χ1n) is 5.45. The van der Waals surface area contributed by atoms with Gasteiger partial charge in [-0.25, -0.2) is 9.97 Å². The van der Waals surface area contributed by atoms with Crippen LogP contribution in [0.15, 0.2) is 40.3 Å². The first-order chi connectivity index (χ1) is 8.69. The van der Waals surface area contributed by atoms with E-state index in [0.29, 0.717) is 17.6 Å². The Kier molecular flexibility index (Phi) is 4.58. The number of halogens is 1. The molecule has 0 aliphatic rings. The van der Waals surface area contributed by atoms with E-state index in [2.05, 4.69) is 29.0 Å². The number of rotatable bonds is 4. The van der Waals surface area contributed by atoms with Crippen LogP contribution in [0.2, 0.25) is 5.15 Å². The summed E-state index contributed by atoms with van der Waals surface area (Å²) in [6.07, 6.45) is 0. The molecule has 1 aromatic carbocycles. The van der Waals surface area contributed by atoms with Gasteiger partial charge in [-0.3, -0.25) is 0 Å². The Balaban J connectivity index is 2.26. The quantitative estimate of drug-likeness (QED) is 0.799. The molecule has 18 heavy (non-hydrogen) atoms. The van der Waals surface area contributed by atoms with E-state index in [0.717, 1.165) is 9.92 Å². The summed E-state index contributed by atoms with van der Waals surface area (Å²) in [5, 5.41) is 1.27. The number of methoxy groups -OCH3 is 1. The highest BCUT2D eigenvalue weighted by Gasteiger charge is 2.06. The molecule has 2 aromatic rings. The minimum absolute atomic E-state index is 0.363. The molecular weight excluding hydrogens is 268 g/mol. The topological polar surface area (TPSA) is 35.0 Å². The van der Waals surface area contributed by atoms with Crippen LogP contribution in [0.5, 0.6) is 0 Å². The van der Waals surface area contributed by atoms with Crippen LogP contribution >= 0.6 is 23.4 Å². The average molecular weight is 281 g/mol. The molecule has 5 heteroatoms. The molecule has 3 nitrogen and oxygen atoms in total. The lowest BCUT2D eigenvalue weighted by atomic mass is 10.2. The van der Waals surface area contributed by atoms with Gasteiger partial charge in [-0.2, -0.15) is 0 Å². The van der Waals surface area contributed by atoms with Gasteiger partial charge in [-0.05, 0) is 18.6 Å². The molecule has 0 aliphatic carbocycles. The lowest BCUT2D eigenvalue weighted by Crippen LogP contribution is -1.98. The summed E-state index contributed by atoms with van der Waals surface area (Å²) in [5.41, 5.74) is 1.21. The fourth-order valence-corrected chi connectivity index (χ4v) is 2.66. The Morgan fingerprint density at radius 1 is 1.28 bits per heavy atom. The van der Waals surface area contributed by atoms with E-state index in [1.165, 1.54) is 5.56 Å². The second kappa shape index (κ2) is 6.18. The molecule has 0 aliphatic heterocycles. The van der Waals surface area contributed by atoms with E-state index in [1.807, 2.05) is 12.1 Å². The standard InChI is InChI=1S/C13H13ClN2OS/c1-9-5-3-4-6-10(9)18-13-7-11(14)15-12(16-13)8-17-2/h3-7H,8H2,1-2H3. The van der Waals surface area contributed by atoms with Gasteiger partial charge >= 0.3 is 0 Å². The third kappa shape index (κ3) is 3.45. The molecular formula is C13H13ClN2OS. The second-order valence-corrected chi connectivity index (χ2v) is 5.20. The summed E-state index contributed by atoms with van der Waals surface area (Å²) in [4.78, 5) is 9.67. The van der Waals surface area contributed by atoms with E-state index in [1.54, 1.807) is 24.9 Å². The second-order valence-electron chi connectivity index (χ2n) is 3.75. The summed E-state index contributed by atoms with van der Waals surface area (Å²) in [7, 11) is 1.61. The largest absolute Gasteiger partial charge is 0.377 e. The number of hydrogen-bond donors (Lipinski definition) is 0. The van der Waals surface area contributed by atoms with Crippen LogP contribution in [0.1, 0.15) is 11.4 Å². The number of aryl methyl sites for hydroxylation is 1. The maximum absolute atomic E-state index is 5.97. The van der Waals surface area contributed by atoms with Crippen molar-refractivity contribution in [3.8, 4) is 0 Å². The summed E-state index contributed by atoms with van der Waals surface area (Å²) >= 11 is 7.55.